The Bertz CT molecular complexity index is 593. The summed E-state index contributed by atoms with van der Waals surface area (Å²) in [5.74, 6) is 5.83. The van der Waals surface area contributed by atoms with Gasteiger partial charge in [0.05, 0.1) is 5.02 Å². The fourth-order valence-electron chi connectivity index (χ4n) is 2.44. The molecular weight excluding hydrogens is 300 g/mol. The van der Waals surface area contributed by atoms with Gasteiger partial charge in [-0.25, -0.2) is 19.2 Å². The molecule has 2 rings (SSSR count). The molecule has 2 atom stereocenters. The van der Waals surface area contributed by atoms with Gasteiger partial charge in [0.25, 0.3) is 0 Å². The first-order valence-corrected chi connectivity index (χ1v) is 8.33. The largest absolute Gasteiger partial charge is 0.307 e. The van der Waals surface area contributed by atoms with Crippen molar-refractivity contribution in [1.82, 2.24) is 9.29 Å². The van der Waals surface area contributed by atoms with Crippen LogP contribution in [0.2, 0.25) is 5.02 Å². The molecule has 0 amide bonds. The molecule has 0 bridgehead atoms. The average molecular weight is 319 g/mol. The van der Waals surface area contributed by atoms with Crippen molar-refractivity contribution >= 4 is 27.4 Å². The highest BCUT2D eigenvalue weighted by Gasteiger charge is 2.34. The van der Waals surface area contributed by atoms with Gasteiger partial charge >= 0.3 is 0 Å². The lowest BCUT2D eigenvalue weighted by molar-refractivity contribution is 0.202. The van der Waals surface area contributed by atoms with Crippen molar-refractivity contribution < 1.29 is 8.42 Å². The van der Waals surface area contributed by atoms with Crippen LogP contribution in [0.25, 0.3) is 0 Å². The van der Waals surface area contributed by atoms with Gasteiger partial charge in [0.1, 0.15) is 4.90 Å². The van der Waals surface area contributed by atoms with E-state index in [1.807, 2.05) is 6.92 Å². The van der Waals surface area contributed by atoms with Crippen LogP contribution in [0.5, 0.6) is 0 Å². The summed E-state index contributed by atoms with van der Waals surface area (Å²) in [5.41, 5.74) is 2.32. The van der Waals surface area contributed by atoms with Gasteiger partial charge in [0, 0.05) is 18.8 Å². The summed E-state index contributed by atoms with van der Waals surface area (Å²) in [5, 5.41) is 0.186. The van der Waals surface area contributed by atoms with Crippen molar-refractivity contribution in [2.24, 2.45) is 11.8 Å². The minimum absolute atomic E-state index is 0.0279. The van der Waals surface area contributed by atoms with E-state index < -0.39 is 10.0 Å². The zero-order valence-corrected chi connectivity index (χ0v) is 13.1. The van der Waals surface area contributed by atoms with Crippen LogP contribution in [0.4, 0.5) is 5.82 Å². The summed E-state index contributed by atoms with van der Waals surface area (Å²) >= 11 is 5.95. The molecule has 1 aliphatic rings. The summed E-state index contributed by atoms with van der Waals surface area (Å²) in [6.07, 6.45) is 3.19. The Labute approximate surface area is 124 Å². The number of halogens is 1. The maximum absolute atomic E-state index is 12.7. The monoisotopic (exact) mass is 318 g/mol. The lowest BCUT2D eigenvalue weighted by Gasteiger charge is -2.36. The van der Waals surface area contributed by atoms with Gasteiger partial charge in [0.15, 0.2) is 5.82 Å². The molecule has 1 aliphatic heterocycles. The summed E-state index contributed by atoms with van der Waals surface area (Å²) in [4.78, 5) is 4.03. The van der Waals surface area contributed by atoms with Crippen LogP contribution in [0.3, 0.4) is 0 Å². The third-order valence-electron chi connectivity index (χ3n) is 3.88. The SMILES string of the molecule is CC1CCCN(S(=O)(=O)c2cnc(NN)c(Cl)c2)C1C. The minimum atomic E-state index is -3.57. The number of nitrogens with zero attached hydrogens (tertiary/aromatic N) is 2. The van der Waals surface area contributed by atoms with E-state index >= 15 is 0 Å². The number of nitrogens with two attached hydrogens (primary N) is 1. The number of hydrazine groups is 1. The molecule has 0 aromatic carbocycles. The summed E-state index contributed by atoms with van der Waals surface area (Å²) in [7, 11) is -3.57. The first-order chi connectivity index (χ1) is 9.37. The van der Waals surface area contributed by atoms with E-state index in [1.165, 1.54) is 16.6 Å². The second-order valence-corrected chi connectivity index (χ2v) is 7.42. The number of nitrogens with one attached hydrogen (secondary N) is 1. The van der Waals surface area contributed by atoms with Gasteiger partial charge in [-0.2, -0.15) is 4.31 Å². The predicted molar refractivity (Wildman–Crippen MR) is 78.8 cm³/mol. The Morgan fingerprint density at radius 1 is 1.50 bits per heavy atom. The Hall–Kier alpha value is -0.890. The van der Waals surface area contributed by atoms with Crippen molar-refractivity contribution in [3.8, 4) is 0 Å². The van der Waals surface area contributed by atoms with E-state index in [0.29, 0.717) is 12.5 Å². The molecule has 1 fully saturated rings. The molecule has 0 radical (unpaired) electrons. The quantitative estimate of drug-likeness (QED) is 0.655. The Kier molecular flexibility index (Phi) is 4.53. The zero-order valence-electron chi connectivity index (χ0n) is 11.5. The molecule has 3 N–H and O–H groups in total. The third kappa shape index (κ3) is 2.76. The standard InChI is InChI=1S/C12H19ClN4O2S/c1-8-4-3-5-17(9(8)2)20(18,19)10-6-11(13)12(16-14)15-7-10/h6-9H,3-5,14H2,1-2H3,(H,15,16). The number of nitrogen functional groups attached to an aromatic ring is 1. The highest BCUT2D eigenvalue weighted by molar-refractivity contribution is 7.89. The topological polar surface area (TPSA) is 88.3 Å². The molecule has 112 valence electrons. The molecule has 0 aliphatic carbocycles. The molecule has 8 heteroatoms. The molecule has 0 saturated carbocycles. The van der Waals surface area contributed by atoms with Gasteiger partial charge in [-0.15, -0.1) is 0 Å². The van der Waals surface area contributed by atoms with Crippen LogP contribution in [0, 0.1) is 5.92 Å². The fourth-order valence-corrected chi connectivity index (χ4v) is 4.46. The number of hydrogen-bond donors (Lipinski definition) is 2. The van der Waals surface area contributed by atoms with Crippen LogP contribution in [0.1, 0.15) is 26.7 Å². The molecule has 1 aromatic heterocycles. The lowest BCUT2D eigenvalue weighted by atomic mass is 9.94. The van der Waals surface area contributed by atoms with Crippen molar-refractivity contribution in [1.29, 1.82) is 0 Å². The predicted octanol–water partition coefficient (Wildman–Crippen LogP) is 1.83. The number of piperidine rings is 1. The molecule has 20 heavy (non-hydrogen) atoms. The van der Waals surface area contributed by atoms with Crippen molar-refractivity contribution in [3.05, 3.63) is 17.3 Å². The van der Waals surface area contributed by atoms with Crippen molar-refractivity contribution in [2.75, 3.05) is 12.0 Å². The van der Waals surface area contributed by atoms with Crippen LogP contribution < -0.4 is 11.3 Å². The van der Waals surface area contributed by atoms with Crippen LogP contribution >= 0.6 is 11.6 Å². The maximum atomic E-state index is 12.7. The molecular formula is C12H19ClN4O2S. The highest BCUT2D eigenvalue weighted by Crippen LogP contribution is 2.30. The average Bonchev–Trinajstić information content (AvgIpc) is 2.41. The minimum Gasteiger partial charge on any atom is -0.307 e. The summed E-state index contributed by atoms with van der Waals surface area (Å²) in [6.45, 7) is 4.54. The molecule has 6 nitrogen and oxygen atoms in total. The van der Waals surface area contributed by atoms with E-state index in [2.05, 4.69) is 17.3 Å². The molecule has 1 aromatic rings. The van der Waals surface area contributed by atoms with Crippen molar-refractivity contribution in [3.63, 3.8) is 0 Å². The van der Waals surface area contributed by atoms with E-state index in [9.17, 15) is 8.42 Å². The van der Waals surface area contributed by atoms with Gasteiger partial charge in [-0.3, -0.25) is 0 Å². The second-order valence-electron chi connectivity index (χ2n) is 5.12. The van der Waals surface area contributed by atoms with Crippen LogP contribution in [0.15, 0.2) is 17.2 Å². The molecule has 2 unspecified atom stereocenters. The third-order valence-corrected chi connectivity index (χ3v) is 6.11. The summed E-state index contributed by atoms with van der Waals surface area (Å²) in [6, 6.07) is 1.35. The van der Waals surface area contributed by atoms with Gasteiger partial charge in [-0.1, -0.05) is 18.5 Å². The number of hydrogen-bond acceptors (Lipinski definition) is 5. The maximum Gasteiger partial charge on any atom is 0.244 e. The lowest BCUT2D eigenvalue weighted by Crippen LogP contribution is -2.45. The fraction of sp³-hybridized carbons (Fsp3) is 0.583. The number of anilines is 1. The van der Waals surface area contributed by atoms with Crippen LogP contribution in [-0.4, -0.2) is 30.3 Å². The normalized spacial score (nSPS) is 24.6. The first-order valence-electron chi connectivity index (χ1n) is 6.52. The highest BCUT2D eigenvalue weighted by atomic mass is 35.5. The summed E-state index contributed by atoms with van der Waals surface area (Å²) < 4.78 is 26.9. The molecule has 1 saturated heterocycles. The number of sulfonamides is 1. The van der Waals surface area contributed by atoms with Gasteiger partial charge in [-0.05, 0) is 31.7 Å². The Morgan fingerprint density at radius 3 is 2.80 bits per heavy atom. The van der Waals surface area contributed by atoms with E-state index in [-0.39, 0.29) is 21.8 Å². The second kappa shape index (κ2) is 5.85. The van der Waals surface area contributed by atoms with Gasteiger partial charge < -0.3 is 5.43 Å². The van der Waals surface area contributed by atoms with E-state index in [0.717, 1.165) is 12.8 Å². The van der Waals surface area contributed by atoms with Crippen LogP contribution in [-0.2, 0) is 10.0 Å². The molecule has 2 heterocycles. The first kappa shape index (κ1) is 15.5. The van der Waals surface area contributed by atoms with E-state index in [1.54, 1.807) is 0 Å². The van der Waals surface area contributed by atoms with E-state index in [4.69, 9.17) is 17.4 Å². The zero-order chi connectivity index (χ0) is 14.9. The number of aromatic nitrogens is 1. The van der Waals surface area contributed by atoms with Crippen molar-refractivity contribution in [2.45, 2.75) is 37.6 Å². The van der Waals surface area contributed by atoms with Gasteiger partial charge in [0.2, 0.25) is 10.0 Å². The Morgan fingerprint density at radius 2 is 2.20 bits per heavy atom. The number of rotatable bonds is 3. The Balaban J connectivity index is 2.37. The molecule has 0 spiro atoms. The smallest absolute Gasteiger partial charge is 0.244 e. The number of pyridine rings is 1.